The summed E-state index contributed by atoms with van der Waals surface area (Å²) < 4.78 is 1.68. The van der Waals surface area contributed by atoms with E-state index in [-0.39, 0.29) is 11.3 Å². The number of hydrogen-bond donors (Lipinski definition) is 1. The third-order valence-corrected chi connectivity index (χ3v) is 5.68. The SMILES string of the molecule is Cc1nn(C)c2ncc(NC(=O)c3ccc(N4CCC(C)CC4)c([N+](=O)[O-])c3)cc12. The van der Waals surface area contributed by atoms with Crippen LogP contribution in [0.3, 0.4) is 0 Å². The molecule has 1 saturated heterocycles. The number of rotatable bonds is 4. The Hall–Kier alpha value is -3.49. The minimum atomic E-state index is -0.420. The van der Waals surface area contributed by atoms with Gasteiger partial charge in [-0.2, -0.15) is 5.10 Å². The predicted molar refractivity (Wildman–Crippen MR) is 115 cm³/mol. The molecule has 9 nitrogen and oxygen atoms in total. The van der Waals surface area contributed by atoms with E-state index in [4.69, 9.17) is 0 Å². The number of carbonyl (C=O) groups excluding carboxylic acids is 1. The molecule has 3 aromatic rings. The molecule has 30 heavy (non-hydrogen) atoms. The summed E-state index contributed by atoms with van der Waals surface area (Å²) >= 11 is 0. The van der Waals surface area contributed by atoms with Crippen molar-refractivity contribution in [1.29, 1.82) is 0 Å². The van der Waals surface area contributed by atoms with E-state index < -0.39 is 10.8 Å². The molecule has 1 amide bonds. The van der Waals surface area contributed by atoms with E-state index in [1.807, 2.05) is 18.9 Å². The minimum absolute atomic E-state index is 0.0473. The van der Waals surface area contributed by atoms with Crippen molar-refractivity contribution in [1.82, 2.24) is 14.8 Å². The largest absolute Gasteiger partial charge is 0.366 e. The fourth-order valence-corrected chi connectivity index (χ4v) is 3.91. The van der Waals surface area contributed by atoms with Gasteiger partial charge in [0.05, 0.1) is 22.5 Å². The molecular weight excluding hydrogens is 384 g/mol. The van der Waals surface area contributed by atoms with Crippen molar-refractivity contribution in [2.45, 2.75) is 26.7 Å². The van der Waals surface area contributed by atoms with Crippen LogP contribution >= 0.6 is 0 Å². The third-order valence-electron chi connectivity index (χ3n) is 5.68. The Balaban J connectivity index is 1.59. The molecule has 2 aromatic heterocycles. The van der Waals surface area contributed by atoms with Crippen LogP contribution in [-0.2, 0) is 7.05 Å². The molecule has 0 aliphatic carbocycles. The smallest absolute Gasteiger partial charge is 0.293 e. The van der Waals surface area contributed by atoms with Gasteiger partial charge in [-0.1, -0.05) is 6.92 Å². The standard InChI is InChI=1S/C21H24N6O3/c1-13-6-8-26(9-7-13)18-5-4-15(10-19(18)27(29)30)21(28)23-16-11-17-14(2)24-25(3)20(17)22-12-16/h4-5,10-13H,6-9H2,1-3H3,(H,23,28). The number of piperidine rings is 1. The van der Waals surface area contributed by atoms with Crippen LogP contribution < -0.4 is 10.2 Å². The highest BCUT2D eigenvalue weighted by Crippen LogP contribution is 2.32. The zero-order valence-corrected chi connectivity index (χ0v) is 17.3. The van der Waals surface area contributed by atoms with Gasteiger partial charge in [-0.05, 0) is 43.9 Å². The van der Waals surface area contributed by atoms with Gasteiger partial charge in [-0.3, -0.25) is 19.6 Å². The van der Waals surface area contributed by atoms with Gasteiger partial charge < -0.3 is 10.2 Å². The van der Waals surface area contributed by atoms with Crippen LogP contribution in [0, 0.1) is 23.0 Å². The number of fused-ring (bicyclic) bond motifs is 1. The maximum absolute atomic E-state index is 12.7. The third kappa shape index (κ3) is 3.70. The molecule has 1 aromatic carbocycles. The van der Waals surface area contributed by atoms with E-state index in [0.29, 0.717) is 17.3 Å². The van der Waals surface area contributed by atoms with Crippen LogP contribution in [0.4, 0.5) is 17.1 Å². The number of nitro groups is 1. The summed E-state index contributed by atoms with van der Waals surface area (Å²) in [5.74, 6) is 0.208. The molecule has 1 aliphatic heterocycles. The molecule has 156 valence electrons. The van der Waals surface area contributed by atoms with Crippen molar-refractivity contribution in [2.24, 2.45) is 13.0 Å². The molecule has 1 fully saturated rings. The Morgan fingerprint density at radius 2 is 2.00 bits per heavy atom. The van der Waals surface area contributed by atoms with Gasteiger partial charge in [0, 0.05) is 37.2 Å². The Labute approximate surface area is 173 Å². The van der Waals surface area contributed by atoms with Gasteiger partial charge in [0.15, 0.2) is 5.65 Å². The summed E-state index contributed by atoms with van der Waals surface area (Å²) in [6, 6.07) is 6.47. The molecule has 1 aliphatic rings. The number of amides is 1. The highest BCUT2D eigenvalue weighted by atomic mass is 16.6. The first-order valence-electron chi connectivity index (χ1n) is 9.97. The summed E-state index contributed by atoms with van der Waals surface area (Å²) in [6.07, 6.45) is 3.56. The fourth-order valence-electron chi connectivity index (χ4n) is 3.91. The zero-order chi connectivity index (χ0) is 21.4. The van der Waals surface area contributed by atoms with Crippen molar-refractivity contribution in [2.75, 3.05) is 23.3 Å². The number of aryl methyl sites for hydroxylation is 2. The average Bonchev–Trinajstić information content (AvgIpc) is 3.01. The van der Waals surface area contributed by atoms with Crippen molar-refractivity contribution in [3.8, 4) is 0 Å². The van der Waals surface area contributed by atoms with Crippen LogP contribution in [0.5, 0.6) is 0 Å². The molecule has 0 atom stereocenters. The minimum Gasteiger partial charge on any atom is -0.366 e. The number of hydrogen-bond acceptors (Lipinski definition) is 6. The maximum Gasteiger partial charge on any atom is 0.293 e. The zero-order valence-electron chi connectivity index (χ0n) is 17.3. The Morgan fingerprint density at radius 3 is 2.70 bits per heavy atom. The van der Waals surface area contributed by atoms with Crippen molar-refractivity contribution in [3.63, 3.8) is 0 Å². The number of aromatic nitrogens is 3. The van der Waals surface area contributed by atoms with Crippen LogP contribution in [0.15, 0.2) is 30.5 Å². The summed E-state index contributed by atoms with van der Waals surface area (Å²) in [7, 11) is 1.81. The average molecular weight is 408 g/mol. The summed E-state index contributed by atoms with van der Waals surface area (Å²) in [5.41, 5.74) is 2.80. The number of nitrogens with one attached hydrogen (secondary N) is 1. The molecule has 0 unspecified atom stereocenters. The lowest BCUT2D eigenvalue weighted by atomic mass is 9.98. The number of nitro benzene ring substituents is 1. The van der Waals surface area contributed by atoms with Crippen molar-refractivity contribution in [3.05, 3.63) is 51.8 Å². The van der Waals surface area contributed by atoms with Crippen LogP contribution in [-0.4, -0.2) is 38.7 Å². The van der Waals surface area contributed by atoms with Crippen molar-refractivity contribution < 1.29 is 9.72 Å². The molecule has 1 N–H and O–H groups in total. The normalized spacial score (nSPS) is 14.8. The Kier molecular flexibility index (Phi) is 5.11. The molecule has 0 spiro atoms. The number of carbonyl (C=O) groups is 1. The molecule has 0 bridgehead atoms. The molecule has 0 saturated carbocycles. The van der Waals surface area contributed by atoms with E-state index in [0.717, 1.165) is 42.7 Å². The van der Waals surface area contributed by atoms with Crippen LogP contribution in [0.1, 0.15) is 35.8 Å². The second kappa shape index (κ2) is 7.74. The molecular formula is C21H24N6O3. The highest BCUT2D eigenvalue weighted by molar-refractivity contribution is 6.05. The topological polar surface area (TPSA) is 106 Å². The number of nitrogens with zero attached hydrogens (tertiary/aromatic N) is 5. The van der Waals surface area contributed by atoms with E-state index in [1.54, 1.807) is 29.1 Å². The molecule has 0 radical (unpaired) electrons. The Morgan fingerprint density at radius 1 is 1.27 bits per heavy atom. The molecule has 3 heterocycles. The molecule has 9 heteroatoms. The number of pyridine rings is 1. The lowest BCUT2D eigenvalue weighted by Crippen LogP contribution is -2.33. The van der Waals surface area contributed by atoms with E-state index in [1.165, 1.54) is 6.07 Å². The fraction of sp³-hybridized carbons (Fsp3) is 0.381. The monoisotopic (exact) mass is 408 g/mol. The maximum atomic E-state index is 12.7. The van der Waals surface area contributed by atoms with Gasteiger partial charge in [-0.25, -0.2) is 4.98 Å². The van der Waals surface area contributed by atoms with Gasteiger partial charge >= 0.3 is 0 Å². The first kappa shape index (κ1) is 19.8. The summed E-state index contributed by atoms with van der Waals surface area (Å²) in [4.78, 5) is 30.4. The number of benzene rings is 1. The van der Waals surface area contributed by atoms with Gasteiger partial charge in [0.1, 0.15) is 5.69 Å². The van der Waals surface area contributed by atoms with Crippen LogP contribution in [0.2, 0.25) is 0 Å². The van der Waals surface area contributed by atoms with Gasteiger partial charge in [0.2, 0.25) is 0 Å². The quantitative estimate of drug-likeness (QED) is 0.521. The van der Waals surface area contributed by atoms with E-state index in [2.05, 4.69) is 22.3 Å². The second-order valence-corrected chi connectivity index (χ2v) is 7.89. The highest BCUT2D eigenvalue weighted by Gasteiger charge is 2.25. The van der Waals surface area contributed by atoms with E-state index >= 15 is 0 Å². The predicted octanol–water partition coefficient (Wildman–Crippen LogP) is 3.67. The van der Waals surface area contributed by atoms with Gasteiger partial charge in [0.25, 0.3) is 11.6 Å². The summed E-state index contributed by atoms with van der Waals surface area (Å²) in [5, 5.41) is 19.6. The van der Waals surface area contributed by atoms with Crippen LogP contribution in [0.25, 0.3) is 11.0 Å². The van der Waals surface area contributed by atoms with Gasteiger partial charge in [-0.15, -0.1) is 0 Å². The first-order chi connectivity index (χ1) is 14.3. The lowest BCUT2D eigenvalue weighted by molar-refractivity contribution is -0.384. The second-order valence-electron chi connectivity index (χ2n) is 7.89. The van der Waals surface area contributed by atoms with E-state index in [9.17, 15) is 14.9 Å². The van der Waals surface area contributed by atoms with Crippen molar-refractivity contribution >= 4 is 34.0 Å². The number of anilines is 2. The molecule has 4 rings (SSSR count). The Bertz CT molecular complexity index is 1130. The summed E-state index contributed by atoms with van der Waals surface area (Å²) in [6.45, 7) is 5.63. The lowest BCUT2D eigenvalue weighted by Gasteiger charge is -2.31. The first-order valence-corrected chi connectivity index (χ1v) is 9.97.